The van der Waals surface area contributed by atoms with Crippen molar-refractivity contribution in [3.8, 4) is 0 Å². The lowest BCUT2D eigenvalue weighted by atomic mass is 10.00. The molecule has 10 heteroatoms. The normalized spacial score (nSPS) is 16.6. The van der Waals surface area contributed by atoms with Crippen molar-refractivity contribution in [1.82, 2.24) is 20.2 Å². The van der Waals surface area contributed by atoms with Crippen molar-refractivity contribution in [1.29, 1.82) is 0 Å². The van der Waals surface area contributed by atoms with E-state index >= 15 is 0 Å². The Morgan fingerprint density at radius 3 is 2.65 bits per heavy atom. The van der Waals surface area contributed by atoms with Gasteiger partial charge in [-0.2, -0.15) is 13.2 Å². The van der Waals surface area contributed by atoms with Crippen LogP contribution in [0, 0.1) is 0 Å². The molecule has 2 aromatic heterocycles. The highest BCUT2D eigenvalue weighted by Crippen LogP contribution is 2.45. The molecule has 196 valence electrons. The zero-order chi connectivity index (χ0) is 26.0. The van der Waals surface area contributed by atoms with Crippen molar-refractivity contribution in [2.75, 3.05) is 38.2 Å². The fourth-order valence-electron chi connectivity index (χ4n) is 4.67. The zero-order valence-electron chi connectivity index (χ0n) is 20.7. The van der Waals surface area contributed by atoms with Gasteiger partial charge < -0.3 is 15.4 Å². The molecule has 2 fully saturated rings. The van der Waals surface area contributed by atoms with Crippen LogP contribution in [-0.4, -0.2) is 53.6 Å². The van der Waals surface area contributed by atoms with E-state index < -0.39 is 17.6 Å². The first-order valence-electron chi connectivity index (χ1n) is 12.6. The van der Waals surface area contributed by atoms with Crippen LogP contribution >= 0.6 is 0 Å². The van der Waals surface area contributed by atoms with Gasteiger partial charge in [-0.25, -0.2) is 4.98 Å². The molecule has 37 heavy (non-hydrogen) atoms. The molecule has 1 aliphatic carbocycles. The van der Waals surface area contributed by atoms with Gasteiger partial charge in [-0.05, 0) is 67.1 Å². The highest BCUT2D eigenvalue weighted by Gasteiger charge is 2.36. The third-order valence-corrected chi connectivity index (χ3v) is 6.71. The van der Waals surface area contributed by atoms with Gasteiger partial charge in [-0.15, -0.1) is 0 Å². The van der Waals surface area contributed by atoms with Crippen molar-refractivity contribution in [2.45, 2.75) is 44.9 Å². The van der Waals surface area contributed by atoms with E-state index in [1.54, 1.807) is 12.3 Å². The molecule has 1 aromatic carbocycles. The predicted octanol–water partition coefficient (Wildman–Crippen LogP) is 4.72. The SMILES string of the molecule is CCNc1cc(C(=O)NCc2cc(CN3CCOCC3)ccn2)nc2c(C(F)(F)F)cc(C3CC3)cc12. The maximum atomic E-state index is 14.0. The summed E-state index contributed by atoms with van der Waals surface area (Å²) < 4.78 is 47.5. The number of alkyl halides is 3. The monoisotopic (exact) mass is 513 g/mol. The van der Waals surface area contributed by atoms with E-state index in [4.69, 9.17) is 4.74 Å². The van der Waals surface area contributed by atoms with Gasteiger partial charge in [0.25, 0.3) is 5.91 Å². The maximum absolute atomic E-state index is 14.0. The van der Waals surface area contributed by atoms with E-state index in [9.17, 15) is 18.0 Å². The number of benzene rings is 1. The molecule has 7 nitrogen and oxygen atoms in total. The molecule has 0 bridgehead atoms. The molecule has 1 saturated heterocycles. The number of carbonyl (C=O) groups is 1. The molecule has 1 amide bonds. The summed E-state index contributed by atoms with van der Waals surface area (Å²) in [4.78, 5) is 23.9. The Kier molecular flexibility index (Phi) is 7.30. The van der Waals surface area contributed by atoms with E-state index in [0.29, 0.717) is 42.1 Å². The number of anilines is 1. The highest BCUT2D eigenvalue weighted by atomic mass is 19.4. The average Bonchev–Trinajstić information content (AvgIpc) is 3.73. The number of hydrogen-bond donors (Lipinski definition) is 2. The molecule has 0 atom stereocenters. The molecule has 0 radical (unpaired) electrons. The molecule has 1 aliphatic heterocycles. The summed E-state index contributed by atoms with van der Waals surface area (Å²) >= 11 is 0. The molecule has 1 saturated carbocycles. The van der Waals surface area contributed by atoms with E-state index in [0.717, 1.165) is 38.0 Å². The Hall–Kier alpha value is -3.24. The lowest BCUT2D eigenvalue weighted by Gasteiger charge is -2.26. The molecular weight excluding hydrogens is 483 g/mol. The Morgan fingerprint density at radius 2 is 1.95 bits per heavy atom. The summed E-state index contributed by atoms with van der Waals surface area (Å²) in [7, 11) is 0. The van der Waals surface area contributed by atoms with Crippen LogP contribution in [-0.2, 0) is 24.0 Å². The van der Waals surface area contributed by atoms with E-state index in [1.807, 2.05) is 19.1 Å². The Balaban J connectivity index is 1.39. The van der Waals surface area contributed by atoms with Gasteiger partial charge in [0, 0.05) is 43.4 Å². The number of hydrogen-bond acceptors (Lipinski definition) is 6. The minimum atomic E-state index is -4.58. The van der Waals surface area contributed by atoms with Crippen LogP contribution in [0.1, 0.15) is 58.6 Å². The predicted molar refractivity (Wildman–Crippen MR) is 134 cm³/mol. The third kappa shape index (κ3) is 6.02. The first-order chi connectivity index (χ1) is 17.8. The third-order valence-electron chi connectivity index (χ3n) is 6.71. The van der Waals surface area contributed by atoms with Crippen LogP contribution < -0.4 is 10.6 Å². The zero-order valence-corrected chi connectivity index (χ0v) is 20.7. The number of nitrogens with one attached hydrogen (secondary N) is 2. The fraction of sp³-hybridized carbons (Fsp3) is 0.444. The second-order valence-electron chi connectivity index (χ2n) is 9.55. The lowest BCUT2D eigenvalue weighted by molar-refractivity contribution is -0.136. The van der Waals surface area contributed by atoms with Crippen molar-refractivity contribution >= 4 is 22.5 Å². The van der Waals surface area contributed by atoms with Crippen LogP contribution in [0.4, 0.5) is 18.9 Å². The number of amides is 1. The largest absolute Gasteiger partial charge is 0.418 e. The summed E-state index contributed by atoms with van der Waals surface area (Å²) in [6, 6.07) is 8.35. The molecule has 3 aromatic rings. The number of ether oxygens (including phenoxy) is 1. The number of nitrogens with zero attached hydrogens (tertiary/aromatic N) is 3. The van der Waals surface area contributed by atoms with Crippen LogP contribution in [0.15, 0.2) is 36.5 Å². The van der Waals surface area contributed by atoms with Crippen LogP contribution in [0.2, 0.25) is 0 Å². The molecular formula is C27H30F3N5O2. The molecule has 2 N–H and O–H groups in total. The first kappa shape index (κ1) is 25.4. The summed E-state index contributed by atoms with van der Waals surface area (Å²) in [5.41, 5.74) is 1.77. The standard InChI is InChI=1S/C27H30F3N5O2/c1-2-31-23-14-24(34-25-21(23)12-19(18-3-4-18)13-22(25)27(28,29)30)26(36)33-15-20-11-17(5-6-32-20)16-35-7-9-37-10-8-35/h5-6,11-14,18H,2-4,7-10,15-16H2,1H3,(H,31,34)(H,33,36). The molecule has 3 heterocycles. The van der Waals surface area contributed by atoms with Gasteiger partial charge in [0.15, 0.2) is 0 Å². The Bertz CT molecular complexity index is 1290. The molecule has 5 rings (SSSR count). The number of fused-ring (bicyclic) bond motifs is 1. The fourth-order valence-corrected chi connectivity index (χ4v) is 4.67. The van der Waals surface area contributed by atoms with Crippen LogP contribution in [0.3, 0.4) is 0 Å². The minimum Gasteiger partial charge on any atom is -0.385 e. The number of morpholine rings is 1. The second-order valence-corrected chi connectivity index (χ2v) is 9.55. The second kappa shape index (κ2) is 10.6. The minimum absolute atomic E-state index is 0.0717. The van der Waals surface area contributed by atoms with Crippen molar-refractivity contribution in [3.05, 3.63) is 64.6 Å². The van der Waals surface area contributed by atoms with Gasteiger partial charge in [-0.1, -0.05) is 0 Å². The van der Waals surface area contributed by atoms with E-state index in [-0.39, 0.29) is 23.7 Å². The van der Waals surface area contributed by atoms with Crippen molar-refractivity contribution < 1.29 is 22.7 Å². The molecule has 0 spiro atoms. The first-order valence-corrected chi connectivity index (χ1v) is 12.6. The summed E-state index contributed by atoms with van der Waals surface area (Å²) in [6.45, 7) is 6.38. The van der Waals surface area contributed by atoms with E-state index in [1.165, 1.54) is 12.1 Å². The number of pyridine rings is 2. The Morgan fingerprint density at radius 1 is 1.16 bits per heavy atom. The summed E-state index contributed by atoms with van der Waals surface area (Å²) in [5, 5.41) is 6.27. The Labute approximate surface area is 213 Å². The molecule has 0 unspecified atom stereocenters. The number of carbonyl (C=O) groups excluding carboxylic acids is 1. The van der Waals surface area contributed by atoms with Crippen molar-refractivity contribution in [3.63, 3.8) is 0 Å². The molecule has 2 aliphatic rings. The van der Waals surface area contributed by atoms with Crippen molar-refractivity contribution in [2.24, 2.45) is 0 Å². The van der Waals surface area contributed by atoms with Gasteiger partial charge in [-0.3, -0.25) is 14.7 Å². The summed E-state index contributed by atoms with van der Waals surface area (Å²) in [6.07, 6.45) is -1.12. The average molecular weight is 514 g/mol. The van der Waals surface area contributed by atoms with E-state index in [2.05, 4.69) is 25.5 Å². The van der Waals surface area contributed by atoms with Gasteiger partial charge in [0.2, 0.25) is 0 Å². The number of rotatable bonds is 8. The quantitative estimate of drug-likeness (QED) is 0.454. The van der Waals surface area contributed by atoms with Crippen LogP contribution in [0.25, 0.3) is 10.9 Å². The van der Waals surface area contributed by atoms with Gasteiger partial charge >= 0.3 is 6.18 Å². The summed E-state index contributed by atoms with van der Waals surface area (Å²) in [5.74, 6) is -0.407. The number of aromatic nitrogens is 2. The van der Waals surface area contributed by atoms with Gasteiger partial charge in [0.05, 0.1) is 36.5 Å². The smallest absolute Gasteiger partial charge is 0.385 e. The lowest BCUT2D eigenvalue weighted by Crippen LogP contribution is -2.35. The van der Waals surface area contributed by atoms with Gasteiger partial charge in [0.1, 0.15) is 5.69 Å². The topological polar surface area (TPSA) is 79.4 Å². The maximum Gasteiger partial charge on any atom is 0.418 e. The van der Waals surface area contributed by atoms with Crippen LogP contribution in [0.5, 0.6) is 0 Å². The number of halogens is 3. The highest BCUT2D eigenvalue weighted by molar-refractivity contribution is 6.01.